The lowest BCUT2D eigenvalue weighted by Crippen LogP contribution is -2.31. The van der Waals surface area contributed by atoms with E-state index in [1.165, 1.54) is 0 Å². The fourth-order valence-corrected chi connectivity index (χ4v) is 1.56. The van der Waals surface area contributed by atoms with Crippen LogP contribution in [0.4, 0.5) is 0 Å². The lowest BCUT2D eigenvalue weighted by molar-refractivity contribution is -0.130. The first kappa shape index (κ1) is 11.7. The smallest absolute Gasteiger partial charge is 0.227 e. The molecule has 1 aromatic heterocycles. The first-order valence-corrected chi connectivity index (χ1v) is 5.37. The van der Waals surface area contributed by atoms with Gasteiger partial charge in [-0.3, -0.25) is 9.78 Å². The molecule has 0 saturated heterocycles. The zero-order chi connectivity index (χ0) is 11.3. The third-order valence-corrected chi connectivity index (χ3v) is 2.57. The van der Waals surface area contributed by atoms with E-state index in [4.69, 9.17) is 0 Å². The Hall–Kier alpha value is -1.38. The van der Waals surface area contributed by atoms with Gasteiger partial charge in [0, 0.05) is 25.0 Å². The Labute approximate surface area is 91.1 Å². The molecule has 0 aliphatic heterocycles. The summed E-state index contributed by atoms with van der Waals surface area (Å²) in [6, 6.07) is 3.83. The molecule has 15 heavy (non-hydrogen) atoms. The van der Waals surface area contributed by atoms with Crippen LogP contribution < -0.4 is 0 Å². The van der Waals surface area contributed by atoms with E-state index in [2.05, 4.69) is 4.98 Å². The van der Waals surface area contributed by atoms with E-state index in [9.17, 15) is 4.79 Å². The number of amides is 1. The topological polar surface area (TPSA) is 33.2 Å². The maximum atomic E-state index is 11.8. The van der Waals surface area contributed by atoms with Gasteiger partial charge >= 0.3 is 0 Å². The highest BCUT2D eigenvalue weighted by Crippen LogP contribution is 2.06. The Kier molecular flexibility index (Phi) is 4.28. The molecule has 0 unspecified atom stereocenters. The summed E-state index contributed by atoms with van der Waals surface area (Å²) in [5, 5.41) is 0. The minimum Gasteiger partial charge on any atom is -0.343 e. The van der Waals surface area contributed by atoms with Gasteiger partial charge in [0.25, 0.3) is 0 Å². The predicted octanol–water partition coefficient (Wildman–Crippen LogP) is 1.80. The van der Waals surface area contributed by atoms with Crippen LogP contribution in [0.2, 0.25) is 0 Å². The summed E-state index contributed by atoms with van der Waals surface area (Å²) in [5.41, 5.74) is 1.97. The SMILES string of the molecule is CCN(CC)C(=O)Cc1cccnc1C. The number of rotatable bonds is 4. The largest absolute Gasteiger partial charge is 0.343 e. The number of hydrogen-bond donors (Lipinski definition) is 0. The van der Waals surface area contributed by atoms with E-state index in [1.807, 2.05) is 37.8 Å². The van der Waals surface area contributed by atoms with Crippen LogP contribution >= 0.6 is 0 Å². The van der Waals surface area contributed by atoms with Gasteiger partial charge < -0.3 is 4.90 Å². The molecule has 0 saturated carbocycles. The molecule has 0 fully saturated rings. The molecule has 3 nitrogen and oxygen atoms in total. The standard InChI is InChI=1S/C12H18N2O/c1-4-14(5-2)12(15)9-11-7-6-8-13-10(11)3/h6-8H,4-5,9H2,1-3H3. The highest BCUT2D eigenvalue weighted by molar-refractivity contribution is 5.78. The van der Waals surface area contributed by atoms with E-state index >= 15 is 0 Å². The van der Waals surface area contributed by atoms with Crippen LogP contribution in [0.1, 0.15) is 25.1 Å². The summed E-state index contributed by atoms with van der Waals surface area (Å²) in [4.78, 5) is 17.8. The van der Waals surface area contributed by atoms with E-state index in [0.29, 0.717) is 6.42 Å². The summed E-state index contributed by atoms with van der Waals surface area (Å²) in [5.74, 6) is 0.177. The van der Waals surface area contributed by atoms with E-state index in [0.717, 1.165) is 24.3 Å². The molecule has 0 atom stereocenters. The average Bonchev–Trinajstić information content (AvgIpc) is 2.23. The lowest BCUT2D eigenvalue weighted by atomic mass is 10.1. The summed E-state index contributed by atoms with van der Waals surface area (Å²) >= 11 is 0. The Morgan fingerprint density at radius 2 is 2.07 bits per heavy atom. The second kappa shape index (κ2) is 5.49. The van der Waals surface area contributed by atoms with Crippen molar-refractivity contribution in [2.75, 3.05) is 13.1 Å². The Bertz CT molecular complexity index is 332. The number of carbonyl (C=O) groups is 1. The Morgan fingerprint density at radius 1 is 1.40 bits per heavy atom. The first-order valence-electron chi connectivity index (χ1n) is 5.37. The van der Waals surface area contributed by atoms with Crippen molar-refractivity contribution in [3.05, 3.63) is 29.6 Å². The summed E-state index contributed by atoms with van der Waals surface area (Å²) in [6.45, 7) is 7.48. The highest BCUT2D eigenvalue weighted by atomic mass is 16.2. The number of pyridine rings is 1. The molecule has 82 valence electrons. The molecule has 0 N–H and O–H groups in total. The molecule has 0 bridgehead atoms. The highest BCUT2D eigenvalue weighted by Gasteiger charge is 2.11. The van der Waals surface area contributed by atoms with Crippen molar-refractivity contribution in [1.29, 1.82) is 0 Å². The number of hydrogen-bond acceptors (Lipinski definition) is 2. The van der Waals surface area contributed by atoms with Gasteiger partial charge in [0.05, 0.1) is 6.42 Å². The van der Waals surface area contributed by atoms with Gasteiger partial charge in [-0.25, -0.2) is 0 Å². The number of carbonyl (C=O) groups excluding carboxylic acids is 1. The zero-order valence-electron chi connectivity index (χ0n) is 9.66. The number of aromatic nitrogens is 1. The van der Waals surface area contributed by atoms with Crippen LogP contribution in [0.25, 0.3) is 0 Å². The fourth-order valence-electron chi connectivity index (χ4n) is 1.56. The Balaban J connectivity index is 2.70. The molecular formula is C12H18N2O. The molecule has 1 rings (SSSR count). The van der Waals surface area contributed by atoms with Crippen molar-refractivity contribution in [3.63, 3.8) is 0 Å². The number of nitrogens with zero attached hydrogens (tertiary/aromatic N) is 2. The van der Waals surface area contributed by atoms with Crippen LogP contribution in [0.3, 0.4) is 0 Å². The molecule has 1 aromatic rings. The molecule has 3 heteroatoms. The van der Waals surface area contributed by atoms with Gasteiger partial charge in [0.15, 0.2) is 0 Å². The van der Waals surface area contributed by atoms with Gasteiger partial charge in [-0.2, -0.15) is 0 Å². The second-order valence-electron chi connectivity index (χ2n) is 3.49. The number of likely N-dealkylation sites (N-methyl/N-ethyl adjacent to an activating group) is 1. The maximum Gasteiger partial charge on any atom is 0.227 e. The van der Waals surface area contributed by atoms with Gasteiger partial charge in [0.1, 0.15) is 0 Å². The van der Waals surface area contributed by atoms with E-state index < -0.39 is 0 Å². The molecule has 1 amide bonds. The minimum absolute atomic E-state index is 0.177. The first-order chi connectivity index (χ1) is 7.19. The second-order valence-corrected chi connectivity index (χ2v) is 3.49. The average molecular weight is 206 g/mol. The molecule has 0 spiro atoms. The molecular weight excluding hydrogens is 188 g/mol. The van der Waals surface area contributed by atoms with Gasteiger partial charge in [0.2, 0.25) is 5.91 Å². The maximum absolute atomic E-state index is 11.8. The summed E-state index contributed by atoms with van der Waals surface area (Å²) in [6.07, 6.45) is 2.21. The van der Waals surface area contributed by atoms with Crippen molar-refractivity contribution in [2.24, 2.45) is 0 Å². The molecule has 0 aromatic carbocycles. The van der Waals surface area contributed by atoms with Crippen LogP contribution in [0, 0.1) is 6.92 Å². The van der Waals surface area contributed by atoms with Crippen molar-refractivity contribution in [1.82, 2.24) is 9.88 Å². The van der Waals surface area contributed by atoms with Crippen LogP contribution in [-0.4, -0.2) is 28.9 Å². The summed E-state index contributed by atoms with van der Waals surface area (Å²) in [7, 11) is 0. The molecule has 0 radical (unpaired) electrons. The van der Waals surface area contributed by atoms with Gasteiger partial charge in [-0.15, -0.1) is 0 Å². The van der Waals surface area contributed by atoms with Gasteiger partial charge in [-0.05, 0) is 32.4 Å². The van der Waals surface area contributed by atoms with Gasteiger partial charge in [-0.1, -0.05) is 6.07 Å². The predicted molar refractivity (Wildman–Crippen MR) is 60.6 cm³/mol. The zero-order valence-corrected chi connectivity index (χ0v) is 9.66. The van der Waals surface area contributed by atoms with Crippen molar-refractivity contribution in [3.8, 4) is 0 Å². The fraction of sp³-hybridized carbons (Fsp3) is 0.500. The third kappa shape index (κ3) is 3.05. The van der Waals surface area contributed by atoms with E-state index in [-0.39, 0.29) is 5.91 Å². The van der Waals surface area contributed by atoms with Crippen LogP contribution in [-0.2, 0) is 11.2 Å². The van der Waals surface area contributed by atoms with Crippen molar-refractivity contribution < 1.29 is 4.79 Å². The number of aryl methyl sites for hydroxylation is 1. The summed E-state index contributed by atoms with van der Waals surface area (Å²) < 4.78 is 0. The monoisotopic (exact) mass is 206 g/mol. The lowest BCUT2D eigenvalue weighted by Gasteiger charge is -2.18. The van der Waals surface area contributed by atoms with Crippen LogP contribution in [0.15, 0.2) is 18.3 Å². The molecule has 0 aliphatic carbocycles. The van der Waals surface area contributed by atoms with Crippen LogP contribution in [0.5, 0.6) is 0 Å². The minimum atomic E-state index is 0.177. The molecule has 1 heterocycles. The quantitative estimate of drug-likeness (QED) is 0.752. The third-order valence-electron chi connectivity index (χ3n) is 2.57. The molecule has 0 aliphatic rings. The Morgan fingerprint density at radius 3 is 2.60 bits per heavy atom. The van der Waals surface area contributed by atoms with Crippen molar-refractivity contribution in [2.45, 2.75) is 27.2 Å². The van der Waals surface area contributed by atoms with E-state index in [1.54, 1.807) is 6.20 Å². The van der Waals surface area contributed by atoms with Crippen molar-refractivity contribution >= 4 is 5.91 Å². The normalized spacial score (nSPS) is 10.1.